The van der Waals surface area contributed by atoms with E-state index < -0.39 is 11.6 Å². The number of nitrogens with two attached hydrogens (primary N) is 1. The molecule has 2 heterocycles. The van der Waals surface area contributed by atoms with Gasteiger partial charge in [-0.25, -0.2) is 4.79 Å². The fourth-order valence-corrected chi connectivity index (χ4v) is 3.39. The lowest BCUT2D eigenvalue weighted by molar-refractivity contribution is -0.135. The number of rotatable bonds is 3. The maximum absolute atomic E-state index is 12.5. The molecule has 130 valence electrons. The summed E-state index contributed by atoms with van der Waals surface area (Å²) >= 11 is 0. The number of amides is 2. The van der Waals surface area contributed by atoms with Crippen LogP contribution in [-0.4, -0.2) is 65.2 Å². The molecule has 3 N–H and O–H groups in total. The Kier molecular flexibility index (Phi) is 4.36. The number of ether oxygens (including phenoxy) is 1. The molecule has 2 aliphatic rings. The van der Waals surface area contributed by atoms with Crippen LogP contribution in [0.15, 0.2) is 24.3 Å². The lowest BCUT2D eigenvalue weighted by atomic mass is 9.91. The molecule has 7 nitrogen and oxygen atoms in total. The molecule has 0 radical (unpaired) electrons. The predicted octanol–water partition coefficient (Wildman–Crippen LogP) is 0.705. The van der Waals surface area contributed by atoms with Crippen LogP contribution >= 0.6 is 0 Å². The Labute approximate surface area is 141 Å². The molecule has 1 aromatic rings. The fraction of sp³-hybridized carbons (Fsp3) is 0.529. The Hall–Kier alpha value is -2.28. The third-order valence-electron chi connectivity index (χ3n) is 4.84. The van der Waals surface area contributed by atoms with Gasteiger partial charge in [0, 0.05) is 33.0 Å². The smallest absolute Gasteiger partial charge is 0.410 e. The first-order chi connectivity index (χ1) is 11.4. The first-order valence-electron chi connectivity index (χ1n) is 8.15. The molecule has 1 atom stereocenters. The minimum atomic E-state index is -0.614. The van der Waals surface area contributed by atoms with Crippen LogP contribution in [0.1, 0.15) is 18.4 Å². The van der Waals surface area contributed by atoms with Crippen molar-refractivity contribution >= 4 is 12.0 Å². The first kappa shape index (κ1) is 16.6. The van der Waals surface area contributed by atoms with E-state index in [0.717, 1.165) is 5.56 Å². The Morgan fingerprint density at radius 2 is 1.96 bits per heavy atom. The van der Waals surface area contributed by atoms with E-state index in [1.807, 2.05) is 0 Å². The van der Waals surface area contributed by atoms with E-state index in [2.05, 4.69) is 0 Å². The van der Waals surface area contributed by atoms with Crippen molar-refractivity contribution in [2.75, 3.05) is 26.7 Å². The number of hydrogen-bond acceptors (Lipinski definition) is 5. The molecular formula is C17H23N3O4. The highest BCUT2D eigenvalue weighted by molar-refractivity contribution is 5.82. The number of likely N-dealkylation sites (N-methyl/N-ethyl adjacent to an activating group) is 1. The highest BCUT2D eigenvalue weighted by Gasteiger charge is 2.46. The second-order valence-electron chi connectivity index (χ2n) is 6.71. The molecular weight excluding hydrogens is 310 g/mol. The monoisotopic (exact) mass is 333 g/mol. The molecule has 3 rings (SSSR count). The highest BCUT2D eigenvalue weighted by atomic mass is 16.6. The Morgan fingerprint density at radius 3 is 2.50 bits per heavy atom. The van der Waals surface area contributed by atoms with Crippen LogP contribution in [0.2, 0.25) is 0 Å². The van der Waals surface area contributed by atoms with Gasteiger partial charge in [0.15, 0.2) is 0 Å². The molecule has 0 saturated carbocycles. The average molecular weight is 333 g/mol. The van der Waals surface area contributed by atoms with Crippen molar-refractivity contribution in [3.63, 3.8) is 0 Å². The van der Waals surface area contributed by atoms with Crippen LogP contribution in [0.4, 0.5) is 4.79 Å². The Balaban J connectivity index is 1.55. The molecule has 2 amide bonds. The minimum absolute atomic E-state index is 0.0874. The third-order valence-corrected chi connectivity index (χ3v) is 4.84. The number of carbonyl (C=O) groups excluding carboxylic acids is 2. The lowest BCUT2D eigenvalue weighted by Crippen LogP contribution is -2.53. The number of carbonyl (C=O) groups is 2. The van der Waals surface area contributed by atoms with Crippen molar-refractivity contribution in [1.29, 1.82) is 0 Å². The first-order valence-corrected chi connectivity index (χ1v) is 8.15. The van der Waals surface area contributed by atoms with Crippen molar-refractivity contribution in [3.8, 4) is 5.75 Å². The van der Waals surface area contributed by atoms with Gasteiger partial charge in [0.2, 0.25) is 5.91 Å². The third kappa shape index (κ3) is 3.31. The molecule has 1 spiro atoms. The lowest BCUT2D eigenvalue weighted by Gasteiger charge is -2.38. The van der Waals surface area contributed by atoms with Gasteiger partial charge in [-0.15, -0.1) is 0 Å². The van der Waals surface area contributed by atoms with Crippen molar-refractivity contribution in [2.24, 2.45) is 5.73 Å². The summed E-state index contributed by atoms with van der Waals surface area (Å²) in [5.41, 5.74) is 6.52. The number of piperidine rings is 1. The summed E-state index contributed by atoms with van der Waals surface area (Å²) in [7, 11) is 1.72. The van der Waals surface area contributed by atoms with Gasteiger partial charge in [0.05, 0.1) is 12.6 Å². The summed E-state index contributed by atoms with van der Waals surface area (Å²) in [6, 6.07) is 6.09. The van der Waals surface area contributed by atoms with Gasteiger partial charge >= 0.3 is 6.09 Å². The number of aromatic hydroxyl groups is 1. The SMILES string of the molecule is CN1CC2(CCN(C(=O)[C@@H](N)Cc3ccc(O)cc3)CC2)OC1=O. The van der Waals surface area contributed by atoms with Crippen LogP contribution in [-0.2, 0) is 16.0 Å². The van der Waals surface area contributed by atoms with E-state index >= 15 is 0 Å². The summed E-state index contributed by atoms with van der Waals surface area (Å²) in [5.74, 6) is 0.103. The maximum atomic E-state index is 12.5. The average Bonchev–Trinajstić information content (AvgIpc) is 2.83. The molecule has 7 heteroatoms. The summed E-state index contributed by atoms with van der Waals surface area (Å²) < 4.78 is 5.49. The van der Waals surface area contributed by atoms with E-state index in [1.165, 1.54) is 0 Å². The van der Waals surface area contributed by atoms with Gasteiger partial charge in [-0.2, -0.15) is 0 Å². The Bertz CT molecular complexity index is 623. The molecule has 0 aromatic heterocycles. The number of nitrogens with zero attached hydrogens (tertiary/aromatic N) is 2. The van der Waals surface area contributed by atoms with Gasteiger partial charge in [-0.1, -0.05) is 12.1 Å². The molecule has 1 aromatic carbocycles. The summed E-state index contributed by atoms with van der Waals surface area (Å²) in [5, 5.41) is 9.30. The second-order valence-corrected chi connectivity index (χ2v) is 6.71. The molecule has 0 unspecified atom stereocenters. The largest absolute Gasteiger partial charge is 0.508 e. The zero-order valence-electron chi connectivity index (χ0n) is 13.8. The molecule has 0 bridgehead atoms. The van der Waals surface area contributed by atoms with Gasteiger partial charge in [-0.3, -0.25) is 4.79 Å². The van der Waals surface area contributed by atoms with E-state index in [-0.39, 0.29) is 17.7 Å². The Morgan fingerprint density at radius 1 is 1.33 bits per heavy atom. The summed E-state index contributed by atoms with van der Waals surface area (Å²) in [4.78, 5) is 27.4. The number of benzene rings is 1. The van der Waals surface area contributed by atoms with Crippen LogP contribution in [0, 0.1) is 0 Å². The van der Waals surface area contributed by atoms with Gasteiger partial charge in [-0.05, 0) is 24.1 Å². The zero-order chi connectivity index (χ0) is 17.3. The van der Waals surface area contributed by atoms with Crippen molar-refractivity contribution in [1.82, 2.24) is 9.80 Å². The topological polar surface area (TPSA) is 96.1 Å². The summed E-state index contributed by atoms with van der Waals surface area (Å²) in [6.07, 6.45) is 1.42. The maximum Gasteiger partial charge on any atom is 0.410 e. The molecule has 2 saturated heterocycles. The second kappa shape index (κ2) is 6.32. The van der Waals surface area contributed by atoms with Gasteiger partial charge < -0.3 is 25.4 Å². The zero-order valence-corrected chi connectivity index (χ0v) is 13.8. The highest BCUT2D eigenvalue weighted by Crippen LogP contribution is 2.32. The molecule has 0 aliphatic carbocycles. The molecule has 2 fully saturated rings. The van der Waals surface area contributed by atoms with E-state index in [0.29, 0.717) is 38.9 Å². The van der Waals surface area contributed by atoms with Crippen LogP contribution in [0.25, 0.3) is 0 Å². The van der Waals surface area contributed by atoms with Gasteiger partial charge in [0.25, 0.3) is 0 Å². The predicted molar refractivity (Wildman–Crippen MR) is 87.4 cm³/mol. The van der Waals surface area contributed by atoms with E-state index in [9.17, 15) is 14.7 Å². The number of phenols is 1. The quantitative estimate of drug-likeness (QED) is 0.849. The molecule has 2 aliphatic heterocycles. The van der Waals surface area contributed by atoms with E-state index in [4.69, 9.17) is 10.5 Å². The number of hydrogen-bond donors (Lipinski definition) is 2. The van der Waals surface area contributed by atoms with Crippen molar-refractivity contribution in [2.45, 2.75) is 30.9 Å². The summed E-state index contributed by atoms with van der Waals surface area (Å²) in [6.45, 7) is 1.67. The minimum Gasteiger partial charge on any atom is -0.508 e. The van der Waals surface area contributed by atoms with E-state index in [1.54, 1.807) is 41.1 Å². The van der Waals surface area contributed by atoms with Crippen LogP contribution < -0.4 is 5.73 Å². The number of phenolic OH excluding ortho intramolecular Hbond substituents is 1. The number of likely N-dealkylation sites (tertiary alicyclic amines) is 1. The molecule has 24 heavy (non-hydrogen) atoms. The van der Waals surface area contributed by atoms with Gasteiger partial charge in [0.1, 0.15) is 11.4 Å². The normalized spacial score (nSPS) is 21.0. The van der Waals surface area contributed by atoms with Crippen molar-refractivity contribution in [3.05, 3.63) is 29.8 Å². The van der Waals surface area contributed by atoms with Crippen LogP contribution in [0.3, 0.4) is 0 Å². The van der Waals surface area contributed by atoms with Crippen molar-refractivity contribution < 1.29 is 19.4 Å². The van der Waals surface area contributed by atoms with Crippen LogP contribution in [0.5, 0.6) is 5.75 Å². The standard InChI is InChI=1S/C17H23N3O4/c1-19-11-17(24-16(19)23)6-8-20(9-7-17)15(22)14(18)10-12-2-4-13(21)5-3-12/h2-5,14,21H,6-11,18H2,1H3/t14-/m0/s1. The fourth-order valence-electron chi connectivity index (χ4n) is 3.39.